The molecule has 2 aromatic carbocycles. The number of rotatable bonds is 6. The Kier molecular flexibility index (Phi) is 7.30. The van der Waals surface area contributed by atoms with Crippen LogP contribution in [0.15, 0.2) is 48.5 Å². The Hall–Kier alpha value is -2.47. The zero-order chi connectivity index (χ0) is 18.5. The first kappa shape index (κ1) is 20.8. The van der Waals surface area contributed by atoms with E-state index < -0.39 is 0 Å². The number of nitrogen functional groups attached to an aromatic ring is 1. The van der Waals surface area contributed by atoms with Crippen molar-refractivity contribution in [3.8, 4) is 11.3 Å². The van der Waals surface area contributed by atoms with Crippen molar-refractivity contribution in [2.24, 2.45) is 0 Å². The van der Waals surface area contributed by atoms with Gasteiger partial charge in [-0.05, 0) is 32.0 Å². The second kappa shape index (κ2) is 9.46. The van der Waals surface area contributed by atoms with Crippen molar-refractivity contribution in [1.29, 1.82) is 0 Å². The highest BCUT2D eigenvalue weighted by Gasteiger charge is 2.22. The number of benzene rings is 2. The van der Waals surface area contributed by atoms with Crippen LogP contribution in [0.5, 0.6) is 0 Å². The number of carbonyl (C=O) groups is 1. The van der Waals surface area contributed by atoms with Crippen molar-refractivity contribution in [1.82, 2.24) is 5.10 Å². The summed E-state index contributed by atoms with van der Waals surface area (Å²) in [5, 5.41) is 6.58. The summed E-state index contributed by atoms with van der Waals surface area (Å²) in [6, 6.07) is 16.4. The molecule has 3 aromatic rings. The maximum Gasteiger partial charge on any atom is 0.306 e. The Balaban J connectivity index is 0.00000261. The number of hydrogen-bond acceptors (Lipinski definition) is 4. The number of esters is 1. The molecule has 0 aliphatic rings. The molecule has 0 aliphatic heterocycles. The number of nitrogens with two attached hydrogens (primary N) is 1. The molecule has 0 spiro atoms. The van der Waals surface area contributed by atoms with Crippen LogP contribution in [0.2, 0.25) is 0 Å². The Morgan fingerprint density at radius 1 is 1.11 bits per heavy atom. The molecular formula is C21H24BrN3O2. The van der Waals surface area contributed by atoms with Gasteiger partial charge in [0.25, 0.3) is 0 Å². The third-order valence-corrected chi connectivity index (χ3v) is 4.33. The molecule has 5 nitrogen and oxygen atoms in total. The van der Waals surface area contributed by atoms with Gasteiger partial charge in [0.05, 0.1) is 18.4 Å². The zero-order valence-electron chi connectivity index (χ0n) is 15.6. The predicted molar refractivity (Wildman–Crippen MR) is 102 cm³/mol. The van der Waals surface area contributed by atoms with Gasteiger partial charge in [0.15, 0.2) is 12.4 Å². The van der Waals surface area contributed by atoms with Gasteiger partial charge < -0.3 is 27.5 Å². The smallest absolute Gasteiger partial charge is 0.306 e. The first-order chi connectivity index (χ1) is 12.6. The standard InChI is InChI=1S/C21H24N3O2.BrH/c1-3-26-19(25)9-6-14-24-20(16-12-10-15(2)11-13-16)17-7-4-5-8-18(17)21(22)23-24;/h4-5,7-8,10-13H,3,6,9,14H2,1-2H3,(H2,22,23);1H/q+1;/p-1. The number of anilines is 1. The molecule has 0 fully saturated rings. The molecule has 0 saturated carbocycles. The average molecular weight is 430 g/mol. The van der Waals surface area contributed by atoms with Crippen molar-refractivity contribution in [3.63, 3.8) is 0 Å². The highest BCUT2D eigenvalue weighted by molar-refractivity contribution is 5.98. The SMILES string of the molecule is CCOC(=O)CCC[n+]1nc(N)c2ccccc2c1-c1ccc(C)cc1.[Br-]. The minimum Gasteiger partial charge on any atom is -1.00 e. The van der Waals surface area contributed by atoms with Crippen molar-refractivity contribution in [2.45, 2.75) is 33.2 Å². The fourth-order valence-corrected chi connectivity index (χ4v) is 3.07. The summed E-state index contributed by atoms with van der Waals surface area (Å²) in [4.78, 5) is 11.6. The highest BCUT2D eigenvalue weighted by atomic mass is 79.9. The number of ether oxygens (including phenoxy) is 1. The van der Waals surface area contributed by atoms with Gasteiger partial charge in [-0.2, -0.15) is 0 Å². The molecule has 3 rings (SSSR count). The van der Waals surface area contributed by atoms with Gasteiger partial charge >= 0.3 is 5.97 Å². The summed E-state index contributed by atoms with van der Waals surface area (Å²) >= 11 is 0. The van der Waals surface area contributed by atoms with E-state index in [0.29, 0.717) is 31.8 Å². The number of nitrogens with zero attached hydrogens (tertiary/aromatic N) is 2. The van der Waals surface area contributed by atoms with Crippen molar-refractivity contribution in [3.05, 3.63) is 54.1 Å². The summed E-state index contributed by atoms with van der Waals surface area (Å²) in [5.41, 5.74) is 9.48. The van der Waals surface area contributed by atoms with E-state index in [0.717, 1.165) is 22.0 Å². The highest BCUT2D eigenvalue weighted by Crippen LogP contribution is 2.27. The molecule has 0 radical (unpaired) electrons. The van der Waals surface area contributed by atoms with Crippen LogP contribution in [0, 0.1) is 6.92 Å². The van der Waals surface area contributed by atoms with Crippen LogP contribution >= 0.6 is 0 Å². The van der Waals surface area contributed by atoms with E-state index in [-0.39, 0.29) is 23.0 Å². The number of aryl methyl sites for hydroxylation is 2. The van der Waals surface area contributed by atoms with Crippen molar-refractivity contribution in [2.75, 3.05) is 12.3 Å². The topological polar surface area (TPSA) is 69.1 Å². The molecule has 6 heteroatoms. The van der Waals surface area contributed by atoms with Gasteiger partial charge in [0.2, 0.25) is 5.69 Å². The van der Waals surface area contributed by atoms with E-state index >= 15 is 0 Å². The molecular weight excluding hydrogens is 406 g/mol. The fraction of sp³-hybridized carbons (Fsp3) is 0.286. The van der Waals surface area contributed by atoms with Crippen LogP contribution in [0.25, 0.3) is 22.0 Å². The lowest BCUT2D eigenvalue weighted by Gasteiger charge is -2.08. The van der Waals surface area contributed by atoms with E-state index in [2.05, 4.69) is 42.4 Å². The van der Waals surface area contributed by atoms with Gasteiger partial charge in [0, 0.05) is 22.5 Å². The van der Waals surface area contributed by atoms with Crippen LogP contribution in [-0.2, 0) is 16.1 Å². The van der Waals surface area contributed by atoms with Crippen molar-refractivity contribution < 1.29 is 31.2 Å². The molecule has 1 heterocycles. The summed E-state index contributed by atoms with van der Waals surface area (Å²) < 4.78 is 6.91. The van der Waals surface area contributed by atoms with E-state index in [1.165, 1.54) is 5.56 Å². The third kappa shape index (κ3) is 4.83. The Morgan fingerprint density at radius 2 is 1.78 bits per heavy atom. The normalized spacial score (nSPS) is 10.4. The predicted octanol–water partition coefficient (Wildman–Crippen LogP) is 0.427. The van der Waals surface area contributed by atoms with E-state index in [1.807, 2.05) is 29.8 Å². The van der Waals surface area contributed by atoms with E-state index in [1.54, 1.807) is 0 Å². The van der Waals surface area contributed by atoms with Crippen LogP contribution < -0.4 is 27.4 Å². The molecule has 0 unspecified atom stereocenters. The largest absolute Gasteiger partial charge is 1.00 e. The quantitative estimate of drug-likeness (QED) is 0.455. The van der Waals surface area contributed by atoms with Gasteiger partial charge in [0.1, 0.15) is 0 Å². The van der Waals surface area contributed by atoms with Crippen molar-refractivity contribution >= 4 is 22.6 Å². The molecule has 0 aliphatic carbocycles. The lowest BCUT2D eigenvalue weighted by atomic mass is 10.0. The number of carbonyl (C=O) groups excluding carboxylic acids is 1. The summed E-state index contributed by atoms with van der Waals surface area (Å²) in [5.74, 6) is 0.311. The van der Waals surface area contributed by atoms with Crippen LogP contribution in [0.1, 0.15) is 25.3 Å². The van der Waals surface area contributed by atoms with E-state index in [9.17, 15) is 4.79 Å². The molecule has 0 atom stereocenters. The molecule has 0 bridgehead atoms. The zero-order valence-corrected chi connectivity index (χ0v) is 17.2. The molecule has 1 aromatic heterocycles. The summed E-state index contributed by atoms with van der Waals surface area (Å²) in [6.45, 7) is 4.88. The molecule has 0 amide bonds. The third-order valence-electron chi connectivity index (χ3n) is 4.33. The number of fused-ring (bicyclic) bond motifs is 1. The minimum absolute atomic E-state index is 0. The molecule has 142 valence electrons. The Bertz CT molecular complexity index is 927. The van der Waals surface area contributed by atoms with Crippen LogP contribution in [-0.4, -0.2) is 17.7 Å². The lowest BCUT2D eigenvalue weighted by molar-refractivity contribution is -0.741. The average Bonchev–Trinajstić information content (AvgIpc) is 2.63. The monoisotopic (exact) mass is 429 g/mol. The van der Waals surface area contributed by atoms with Gasteiger partial charge in [-0.15, -0.1) is 0 Å². The molecule has 27 heavy (non-hydrogen) atoms. The Morgan fingerprint density at radius 3 is 2.44 bits per heavy atom. The maximum absolute atomic E-state index is 11.6. The lowest BCUT2D eigenvalue weighted by Crippen LogP contribution is -3.00. The van der Waals surface area contributed by atoms with Crippen LogP contribution in [0.4, 0.5) is 5.82 Å². The molecule has 0 saturated heterocycles. The van der Waals surface area contributed by atoms with Gasteiger partial charge in [-0.3, -0.25) is 4.79 Å². The summed E-state index contributed by atoms with van der Waals surface area (Å²) in [7, 11) is 0. The van der Waals surface area contributed by atoms with E-state index in [4.69, 9.17) is 10.5 Å². The second-order valence-corrected chi connectivity index (χ2v) is 6.28. The maximum atomic E-state index is 11.6. The van der Waals surface area contributed by atoms with Gasteiger partial charge in [-0.1, -0.05) is 40.6 Å². The first-order valence-corrected chi connectivity index (χ1v) is 8.91. The molecule has 2 N–H and O–H groups in total. The minimum atomic E-state index is -0.182. The number of hydrogen-bond donors (Lipinski definition) is 1. The Labute approximate surface area is 169 Å². The van der Waals surface area contributed by atoms with Crippen LogP contribution in [0.3, 0.4) is 0 Å². The number of halogens is 1. The first-order valence-electron chi connectivity index (χ1n) is 8.91. The fourth-order valence-electron chi connectivity index (χ4n) is 3.07. The second-order valence-electron chi connectivity index (χ2n) is 6.28. The summed E-state index contributed by atoms with van der Waals surface area (Å²) in [6.07, 6.45) is 1.01. The van der Waals surface area contributed by atoms with Gasteiger partial charge in [-0.25, -0.2) is 0 Å². The number of aromatic nitrogens is 2.